The van der Waals surface area contributed by atoms with Gasteiger partial charge in [0, 0.05) is 13.2 Å². The van der Waals surface area contributed by atoms with Crippen molar-refractivity contribution in [3.05, 3.63) is 59.7 Å². The number of ether oxygens (including phenoxy) is 1. The first kappa shape index (κ1) is 23.0. The van der Waals surface area contributed by atoms with Crippen LogP contribution in [0.15, 0.2) is 48.5 Å². The summed E-state index contributed by atoms with van der Waals surface area (Å²) in [6.45, 7) is 4.27. The first-order valence-corrected chi connectivity index (χ1v) is 12.2. The van der Waals surface area contributed by atoms with Crippen molar-refractivity contribution in [3.63, 3.8) is 0 Å². The molecule has 1 amide bonds. The maximum absolute atomic E-state index is 13.7. The predicted molar refractivity (Wildman–Crippen MR) is 131 cm³/mol. The third-order valence-corrected chi connectivity index (χ3v) is 7.68. The third kappa shape index (κ3) is 5.24. The highest BCUT2D eigenvalue weighted by Gasteiger charge is 2.42. The van der Waals surface area contributed by atoms with Crippen molar-refractivity contribution in [1.82, 2.24) is 10.2 Å². The van der Waals surface area contributed by atoms with Gasteiger partial charge in [-0.1, -0.05) is 48.5 Å². The van der Waals surface area contributed by atoms with E-state index in [1.54, 1.807) is 7.11 Å². The fourth-order valence-corrected chi connectivity index (χ4v) is 5.49. The second-order valence-corrected chi connectivity index (χ2v) is 9.96. The van der Waals surface area contributed by atoms with Crippen LogP contribution in [0.4, 0.5) is 0 Å². The number of carbonyl (C=O) groups excluding carboxylic acids is 1. The lowest BCUT2D eigenvalue weighted by Crippen LogP contribution is -2.51. The maximum Gasteiger partial charge on any atom is 0.226 e. The number of nitrogens with zero attached hydrogens (tertiary/aromatic N) is 1. The lowest BCUT2D eigenvalue weighted by atomic mass is 9.68. The van der Waals surface area contributed by atoms with E-state index in [4.69, 9.17) is 4.74 Å². The summed E-state index contributed by atoms with van der Waals surface area (Å²) in [5, 5.41) is 3.45. The van der Waals surface area contributed by atoms with Crippen LogP contribution in [0, 0.1) is 12.3 Å². The summed E-state index contributed by atoms with van der Waals surface area (Å²) in [7, 11) is 3.95. The molecule has 2 aromatic rings. The van der Waals surface area contributed by atoms with Crippen LogP contribution in [0.1, 0.15) is 49.7 Å². The molecular formula is C28H38N2O2. The number of hydrogen-bond acceptors (Lipinski definition) is 3. The number of carbonyl (C=O) groups is 1. The Labute approximate surface area is 193 Å². The number of nitrogens with one attached hydrogen (secondary N) is 1. The molecule has 2 aromatic carbocycles. The number of benzene rings is 2. The van der Waals surface area contributed by atoms with E-state index >= 15 is 0 Å². The first-order valence-electron chi connectivity index (χ1n) is 12.2. The number of aryl methyl sites for hydroxylation is 1. The molecule has 4 nitrogen and oxygen atoms in total. The van der Waals surface area contributed by atoms with Crippen molar-refractivity contribution >= 4 is 5.91 Å². The molecule has 4 heteroatoms. The third-order valence-electron chi connectivity index (χ3n) is 7.68. The monoisotopic (exact) mass is 434 g/mol. The molecule has 0 unspecified atom stereocenters. The van der Waals surface area contributed by atoms with Crippen LogP contribution in [0.3, 0.4) is 0 Å². The maximum atomic E-state index is 13.7. The number of amides is 1. The van der Waals surface area contributed by atoms with Gasteiger partial charge in [-0.05, 0) is 94.3 Å². The average molecular weight is 435 g/mol. The summed E-state index contributed by atoms with van der Waals surface area (Å²) in [5.74, 6) is 0.253. The van der Waals surface area contributed by atoms with Gasteiger partial charge in [0.1, 0.15) is 0 Å². The Kier molecular flexibility index (Phi) is 7.32. The second-order valence-electron chi connectivity index (χ2n) is 9.96. The lowest BCUT2D eigenvalue weighted by Gasteiger charge is -2.40. The van der Waals surface area contributed by atoms with Crippen LogP contribution in [-0.4, -0.2) is 50.2 Å². The zero-order chi connectivity index (χ0) is 22.6. The molecule has 172 valence electrons. The van der Waals surface area contributed by atoms with Crippen LogP contribution in [0.2, 0.25) is 0 Å². The molecular weight excluding hydrogens is 396 g/mol. The van der Waals surface area contributed by atoms with Crippen LogP contribution in [-0.2, 0) is 16.0 Å². The van der Waals surface area contributed by atoms with Gasteiger partial charge in [-0.2, -0.15) is 0 Å². The highest BCUT2D eigenvalue weighted by atomic mass is 16.5. The van der Waals surface area contributed by atoms with Gasteiger partial charge in [0.05, 0.1) is 11.5 Å². The Morgan fingerprint density at radius 2 is 1.78 bits per heavy atom. The number of methoxy groups -OCH3 is 1. The number of likely N-dealkylation sites (tertiary alicyclic amines) is 1. The summed E-state index contributed by atoms with van der Waals surface area (Å²) in [6, 6.07) is 17.6. The predicted octanol–water partition coefficient (Wildman–Crippen LogP) is 4.99. The smallest absolute Gasteiger partial charge is 0.226 e. The Bertz CT molecular complexity index is 909. The minimum Gasteiger partial charge on any atom is -0.381 e. The van der Waals surface area contributed by atoms with E-state index in [0.29, 0.717) is 6.04 Å². The molecule has 1 aliphatic carbocycles. The topological polar surface area (TPSA) is 41.6 Å². The lowest BCUT2D eigenvalue weighted by molar-refractivity contribution is -0.135. The first-order chi connectivity index (χ1) is 15.5. The van der Waals surface area contributed by atoms with Crippen LogP contribution in [0.25, 0.3) is 11.1 Å². The van der Waals surface area contributed by atoms with E-state index in [2.05, 4.69) is 72.7 Å². The quantitative estimate of drug-likeness (QED) is 0.696. The molecule has 1 saturated heterocycles. The fraction of sp³-hybridized carbons (Fsp3) is 0.536. The summed E-state index contributed by atoms with van der Waals surface area (Å²) >= 11 is 0. The molecule has 32 heavy (non-hydrogen) atoms. The molecule has 1 saturated carbocycles. The second kappa shape index (κ2) is 10.2. The van der Waals surface area contributed by atoms with E-state index in [1.807, 2.05) is 0 Å². The highest BCUT2D eigenvalue weighted by Crippen LogP contribution is 2.41. The van der Waals surface area contributed by atoms with Gasteiger partial charge < -0.3 is 15.0 Å². The normalized spacial score (nSPS) is 24.9. The number of hydrogen-bond donors (Lipinski definition) is 1. The number of rotatable bonds is 6. The van der Waals surface area contributed by atoms with E-state index in [1.165, 1.54) is 22.3 Å². The Morgan fingerprint density at radius 3 is 2.47 bits per heavy atom. The summed E-state index contributed by atoms with van der Waals surface area (Å²) in [5.41, 5.74) is 4.68. The van der Waals surface area contributed by atoms with Crippen LogP contribution >= 0.6 is 0 Å². The van der Waals surface area contributed by atoms with Gasteiger partial charge in [0.2, 0.25) is 5.91 Å². The van der Waals surface area contributed by atoms with Gasteiger partial charge in [0.25, 0.3) is 0 Å². The van der Waals surface area contributed by atoms with Crippen molar-refractivity contribution in [2.75, 3.05) is 27.2 Å². The molecule has 2 fully saturated rings. The van der Waals surface area contributed by atoms with Crippen molar-refractivity contribution in [1.29, 1.82) is 0 Å². The van der Waals surface area contributed by atoms with Gasteiger partial charge in [-0.25, -0.2) is 0 Å². The van der Waals surface area contributed by atoms with E-state index < -0.39 is 0 Å². The van der Waals surface area contributed by atoms with Crippen molar-refractivity contribution in [2.24, 2.45) is 5.41 Å². The fourth-order valence-electron chi connectivity index (χ4n) is 5.49. The van der Waals surface area contributed by atoms with Crippen molar-refractivity contribution < 1.29 is 9.53 Å². The minimum absolute atomic E-state index is 0.253. The van der Waals surface area contributed by atoms with Crippen molar-refractivity contribution in [2.45, 2.75) is 64.0 Å². The molecule has 1 heterocycles. The Balaban J connectivity index is 1.55. The molecule has 0 radical (unpaired) electrons. The van der Waals surface area contributed by atoms with Gasteiger partial charge in [0.15, 0.2) is 0 Å². The van der Waals surface area contributed by atoms with Crippen molar-refractivity contribution in [3.8, 4) is 11.1 Å². The molecule has 0 bridgehead atoms. The van der Waals surface area contributed by atoms with Crippen LogP contribution < -0.4 is 5.32 Å². The average Bonchev–Trinajstić information content (AvgIpc) is 2.81. The van der Waals surface area contributed by atoms with E-state index in [9.17, 15) is 4.79 Å². The largest absolute Gasteiger partial charge is 0.381 e. The van der Waals surface area contributed by atoms with E-state index in [0.717, 1.165) is 58.0 Å². The minimum atomic E-state index is -0.345. The highest BCUT2D eigenvalue weighted by molar-refractivity contribution is 5.83. The van der Waals surface area contributed by atoms with Gasteiger partial charge in [-0.15, -0.1) is 0 Å². The summed E-state index contributed by atoms with van der Waals surface area (Å²) in [4.78, 5) is 16.1. The molecule has 4 rings (SSSR count). The summed E-state index contributed by atoms with van der Waals surface area (Å²) < 4.78 is 5.63. The zero-order valence-electron chi connectivity index (χ0n) is 19.9. The zero-order valence-corrected chi connectivity index (χ0v) is 19.9. The molecule has 2 aliphatic rings. The molecule has 0 atom stereocenters. The number of piperidine rings is 1. The Hall–Kier alpha value is -2.17. The summed E-state index contributed by atoms with van der Waals surface area (Å²) in [6.07, 6.45) is 6.84. The SMILES string of the molecule is COC1CCC(Cc2cccc(-c3ccccc3C)c2)(C(=O)NC2CCN(C)CC2)CC1. The van der Waals surface area contributed by atoms with E-state index in [-0.39, 0.29) is 17.4 Å². The van der Waals surface area contributed by atoms with Gasteiger partial charge in [-0.3, -0.25) is 4.79 Å². The molecule has 1 N–H and O–H groups in total. The standard InChI is InChI=1S/C28H38N2O2/c1-21-7-4-5-10-26(21)23-9-6-8-22(19-23)20-28(15-11-25(32-3)12-16-28)27(31)29-24-13-17-30(2)18-14-24/h4-10,19,24-25H,11-18,20H2,1-3H3,(H,29,31). The Morgan fingerprint density at radius 1 is 1.06 bits per heavy atom. The van der Waals surface area contributed by atoms with Gasteiger partial charge >= 0.3 is 0 Å². The molecule has 0 aromatic heterocycles. The van der Waals surface area contributed by atoms with Crippen LogP contribution in [0.5, 0.6) is 0 Å². The molecule has 0 spiro atoms. The molecule has 1 aliphatic heterocycles.